The highest BCUT2D eigenvalue weighted by Crippen LogP contribution is 2.14. The van der Waals surface area contributed by atoms with Gasteiger partial charge in [0.25, 0.3) is 0 Å². The van der Waals surface area contributed by atoms with Gasteiger partial charge in [-0.15, -0.1) is 5.10 Å². The zero-order valence-corrected chi connectivity index (χ0v) is 11.8. The van der Waals surface area contributed by atoms with Crippen molar-refractivity contribution in [1.29, 1.82) is 0 Å². The van der Waals surface area contributed by atoms with Crippen LogP contribution < -0.4 is 15.8 Å². The number of nitrogens with zero attached hydrogens (tertiary/aromatic N) is 3. The first-order valence-corrected chi connectivity index (χ1v) is 6.76. The van der Waals surface area contributed by atoms with E-state index in [0.29, 0.717) is 24.8 Å². The number of hydrogen-bond donors (Lipinski definition) is 2. The van der Waals surface area contributed by atoms with Crippen LogP contribution >= 0.6 is 0 Å². The minimum Gasteiger partial charge on any atom is -0.492 e. The number of ether oxygens (including phenoxy) is 1. The number of pyridine rings is 1. The van der Waals surface area contributed by atoms with Crippen molar-refractivity contribution in [2.24, 2.45) is 0 Å². The molecule has 0 atom stereocenters. The van der Waals surface area contributed by atoms with E-state index in [9.17, 15) is 0 Å². The lowest BCUT2D eigenvalue weighted by Gasteiger charge is -2.06. The molecular weight excluding hydrogens is 266 g/mol. The van der Waals surface area contributed by atoms with Crippen molar-refractivity contribution in [1.82, 2.24) is 14.6 Å². The summed E-state index contributed by atoms with van der Waals surface area (Å²) in [6.45, 7) is 3.15. The summed E-state index contributed by atoms with van der Waals surface area (Å²) in [5.41, 5.74) is 8.35. The molecule has 1 aromatic carbocycles. The molecule has 0 amide bonds. The van der Waals surface area contributed by atoms with Crippen LogP contribution in [0, 0.1) is 6.92 Å². The van der Waals surface area contributed by atoms with Gasteiger partial charge in [0, 0.05) is 18.0 Å². The fourth-order valence-corrected chi connectivity index (χ4v) is 2.00. The Morgan fingerprint density at radius 3 is 3.05 bits per heavy atom. The van der Waals surface area contributed by atoms with Gasteiger partial charge in [-0.25, -0.2) is 4.52 Å². The Hall–Kier alpha value is -2.76. The molecule has 0 saturated carbocycles. The van der Waals surface area contributed by atoms with E-state index < -0.39 is 0 Å². The Morgan fingerprint density at radius 1 is 1.29 bits per heavy atom. The SMILES string of the molecule is Cc1ccc2nc(NCCOc3cccc(N)c3)nn2c1. The average Bonchev–Trinajstić information content (AvgIpc) is 2.85. The molecule has 6 heteroatoms. The van der Waals surface area contributed by atoms with Crippen LogP contribution in [0.25, 0.3) is 5.65 Å². The first kappa shape index (κ1) is 13.2. The topological polar surface area (TPSA) is 77.5 Å². The van der Waals surface area contributed by atoms with Crippen molar-refractivity contribution in [3.05, 3.63) is 48.2 Å². The molecule has 6 nitrogen and oxygen atoms in total. The lowest BCUT2D eigenvalue weighted by Crippen LogP contribution is -2.12. The molecule has 108 valence electrons. The molecule has 3 N–H and O–H groups in total. The van der Waals surface area contributed by atoms with Crippen LogP contribution in [0.1, 0.15) is 5.56 Å². The van der Waals surface area contributed by atoms with E-state index in [4.69, 9.17) is 10.5 Å². The molecular formula is C15H17N5O. The van der Waals surface area contributed by atoms with Crippen LogP contribution in [0.15, 0.2) is 42.6 Å². The molecule has 3 aromatic rings. The third kappa shape index (κ3) is 3.22. The van der Waals surface area contributed by atoms with E-state index >= 15 is 0 Å². The molecule has 0 aliphatic carbocycles. The van der Waals surface area contributed by atoms with E-state index in [1.807, 2.05) is 43.5 Å². The van der Waals surface area contributed by atoms with E-state index in [-0.39, 0.29) is 0 Å². The summed E-state index contributed by atoms with van der Waals surface area (Å²) in [6, 6.07) is 11.3. The van der Waals surface area contributed by atoms with Crippen molar-refractivity contribution in [2.45, 2.75) is 6.92 Å². The number of benzene rings is 1. The van der Waals surface area contributed by atoms with Crippen LogP contribution in [0.5, 0.6) is 5.75 Å². The quantitative estimate of drug-likeness (QED) is 0.554. The monoisotopic (exact) mass is 283 g/mol. The molecule has 21 heavy (non-hydrogen) atoms. The fourth-order valence-electron chi connectivity index (χ4n) is 2.00. The summed E-state index contributed by atoms with van der Waals surface area (Å²) >= 11 is 0. The van der Waals surface area contributed by atoms with E-state index in [2.05, 4.69) is 15.4 Å². The van der Waals surface area contributed by atoms with E-state index in [1.54, 1.807) is 10.6 Å². The van der Waals surface area contributed by atoms with Gasteiger partial charge in [-0.1, -0.05) is 12.1 Å². The molecule has 0 unspecified atom stereocenters. The molecule has 3 rings (SSSR count). The summed E-state index contributed by atoms with van der Waals surface area (Å²) in [6.07, 6.45) is 1.94. The number of aromatic nitrogens is 3. The molecule has 0 spiro atoms. The third-order valence-corrected chi connectivity index (χ3v) is 2.99. The van der Waals surface area contributed by atoms with Gasteiger partial charge in [0.05, 0.1) is 6.54 Å². The van der Waals surface area contributed by atoms with E-state index in [1.165, 1.54) is 0 Å². The van der Waals surface area contributed by atoms with Crippen LogP contribution in [-0.4, -0.2) is 27.7 Å². The van der Waals surface area contributed by atoms with Gasteiger partial charge in [-0.05, 0) is 30.7 Å². The highest BCUT2D eigenvalue weighted by molar-refractivity contribution is 5.44. The minimum atomic E-state index is 0.512. The summed E-state index contributed by atoms with van der Waals surface area (Å²) in [5, 5.41) is 7.49. The van der Waals surface area contributed by atoms with Gasteiger partial charge in [-0.3, -0.25) is 0 Å². The Kier molecular flexibility index (Phi) is 3.59. The van der Waals surface area contributed by atoms with Crippen LogP contribution in [-0.2, 0) is 0 Å². The molecule has 0 aliphatic heterocycles. The molecule has 0 bridgehead atoms. The zero-order valence-electron chi connectivity index (χ0n) is 11.8. The van der Waals surface area contributed by atoms with Gasteiger partial charge in [0.1, 0.15) is 12.4 Å². The minimum absolute atomic E-state index is 0.512. The van der Waals surface area contributed by atoms with Crippen LogP contribution in [0.4, 0.5) is 11.6 Å². The predicted molar refractivity (Wildman–Crippen MR) is 82.6 cm³/mol. The van der Waals surface area contributed by atoms with E-state index in [0.717, 1.165) is 17.0 Å². The zero-order chi connectivity index (χ0) is 14.7. The molecule has 0 radical (unpaired) electrons. The molecule has 0 aliphatic rings. The van der Waals surface area contributed by atoms with Gasteiger partial charge >= 0.3 is 0 Å². The highest BCUT2D eigenvalue weighted by Gasteiger charge is 2.02. The van der Waals surface area contributed by atoms with Crippen molar-refractivity contribution in [3.63, 3.8) is 0 Å². The predicted octanol–water partition coefficient (Wildman–Crippen LogP) is 2.11. The molecule has 0 fully saturated rings. The number of nitrogens with one attached hydrogen (secondary N) is 1. The fraction of sp³-hybridized carbons (Fsp3) is 0.200. The number of nitrogen functional groups attached to an aromatic ring is 1. The second-order valence-electron chi connectivity index (χ2n) is 4.79. The maximum atomic E-state index is 5.69. The van der Waals surface area contributed by atoms with Crippen LogP contribution in [0.2, 0.25) is 0 Å². The summed E-state index contributed by atoms with van der Waals surface area (Å²) < 4.78 is 7.36. The van der Waals surface area contributed by atoms with Crippen molar-refractivity contribution in [2.75, 3.05) is 24.2 Å². The maximum absolute atomic E-state index is 5.69. The normalized spacial score (nSPS) is 10.7. The van der Waals surface area contributed by atoms with Crippen molar-refractivity contribution < 1.29 is 4.74 Å². The lowest BCUT2D eigenvalue weighted by atomic mass is 10.3. The second kappa shape index (κ2) is 5.70. The first-order chi connectivity index (χ1) is 10.2. The Morgan fingerprint density at radius 2 is 2.19 bits per heavy atom. The van der Waals surface area contributed by atoms with Gasteiger partial charge in [0.15, 0.2) is 5.65 Å². The highest BCUT2D eigenvalue weighted by atomic mass is 16.5. The average molecular weight is 283 g/mol. The Balaban J connectivity index is 1.54. The number of anilines is 2. The molecule has 0 saturated heterocycles. The number of rotatable bonds is 5. The van der Waals surface area contributed by atoms with Crippen LogP contribution in [0.3, 0.4) is 0 Å². The maximum Gasteiger partial charge on any atom is 0.243 e. The van der Waals surface area contributed by atoms with Gasteiger partial charge in [-0.2, -0.15) is 4.98 Å². The van der Waals surface area contributed by atoms with Crippen molar-refractivity contribution >= 4 is 17.3 Å². The second-order valence-corrected chi connectivity index (χ2v) is 4.79. The number of fused-ring (bicyclic) bond motifs is 1. The lowest BCUT2D eigenvalue weighted by molar-refractivity contribution is 0.333. The largest absolute Gasteiger partial charge is 0.492 e. The number of aryl methyl sites for hydroxylation is 1. The number of nitrogens with two attached hydrogens (primary N) is 1. The van der Waals surface area contributed by atoms with Gasteiger partial charge in [0.2, 0.25) is 5.95 Å². The summed E-state index contributed by atoms with van der Waals surface area (Å²) in [5.74, 6) is 1.35. The standard InChI is InChI=1S/C15H17N5O/c1-11-5-6-14-18-15(19-20(14)10-11)17-7-8-21-13-4-2-3-12(16)9-13/h2-6,9-10H,7-8,16H2,1H3,(H,17,19). The first-order valence-electron chi connectivity index (χ1n) is 6.76. The smallest absolute Gasteiger partial charge is 0.243 e. The third-order valence-electron chi connectivity index (χ3n) is 2.99. The Labute approximate surface area is 122 Å². The number of hydrogen-bond acceptors (Lipinski definition) is 5. The van der Waals surface area contributed by atoms with Gasteiger partial charge < -0.3 is 15.8 Å². The molecule has 2 heterocycles. The van der Waals surface area contributed by atoms with Crippen molar-refractivity contribution in [3.8, 4) is 5.75 Å². The summed E-state index contributed by atoms with van der Waals surface area (Å²) in [7, 11) is 0. The summed E-state index contributed by atoms with van der Waals surface area (Å²) in [4.78, 5) is 4.38. The Bertz CT molecular complexity index is 753. The molecule has 2 aromatic heterocycles.